The van der Waals surface area contributed by atoms with E-state index in [1.54, 1.807) is 0 Å². The summed E-state index contributed by atoms with van der Waals surface area (Å²) < 4.78 is 1.02. The molecule has 1 aromatic carbocycles. The third-order valence-electron chi connectivity index (χ3n) is 2.48. The van der Waals surface area contributed by atoms with Crippen LogP contribution >= 0.6 is 27.7 Å². The summed E-state index contributed by atoms with van der Waals surface area (Å²) in [6.45, 7) is 0.916. The van der Waals surface area contributed by atoms with Crippen molar-refractivity contribution in [1.29, 1.82) is 0 Å². The number of hydrogen-bond acceptors (Lipinski definition) is 3. The van der Waals surface area contributed by atoms with Gasteiger partial charge in [-0.05, 0) is 52.8 Å². The first-order chi connectivity index (χ1) is 8.78. The Morgan fingerprint density at radius 3 is 2.56 bits per heavy atom. The van der Waals surface area contributed by atoms with E-state index in [0.717, 1.165) is 22.5 Å². The summed E-state index contributed by atoms with van der Waals surface area (Å²) in [5, 5.41) is 3.15. The molecule has 4 heteroatoms. The van der Waals surface area contributed by atoms with Crippen molar-refractivity contribution in [3.05, 3.63) is 58.3 Å². The molecule has 0 aliphatic carbocycles. The first-order valence-electron chi connectivity index (χ1n) is 5.74. The average molecular weight is 323 g/mol. The first-order valence-corrected chi connectivity index (χ1v) is 7.52. The van der Waals surface area contributed by atoms with Gasteiger partial charge in [0.25, 0.3) is 0 Å². The molecule has 0 saturated carbocycles. The maximum atomic E-state index is 4.36. The maximum absolute atomic E-state index is 4.36. The van der Waals surface area contributed by atoms with E-state index in [0.29, 0.717) is 0 Å². The predicted molar refractivity (Wildman–Crippen MR) is 80.7 cm³/mol. The van der Waals surface area contributed by atoms with Crippen molar-refractivity contribution in [1.82, 2.24) is 10.3 Å². The highest BCUT2D eigenvalue weighted by Crippen LogP contribution is 2.22. The molecule has 0 radical (unpaired) electrons. The van der Waals surface area contributed by atoms with Gasteiger partial charge >= 0.3 is 0 Å². The Balaban J connectivity index is 1.91. The molecule has 0 aliphatic rings. The Morgan fingerprint density at radius 1 is 1.17 bits per heavy atom. The Hall–Kier alpha value is -0.840. The normalized spacial score (nSPS) is 10.6. The van der Waals surface area contributed by atoms with Gasteiger partial charge in [-0.2, -0.15) is 0 Å². The number of nitrogens with zero attached hydrogens (tertiary/aromatic N) is 1. The maximum Gasteiger partial charge on any atom is 0.0507 e. The molecule has 0 bridgehead atoms. The van der Waals surface area contributed by atoms with E-state index in [2.05, 4.69) is 50.5 Å². The van der Waals surface area contributed by atoms with Crippen LogP contribution in [-0.4, -0.2) is 12.0 Å². The zero-order valence-electron chi connectivity index (χ0n) is 10.2. The van der Waals surface area contributed by atoms with Crippen molar-refractivity contribution in [2.75, 3.05) is 7.05 Å². The van der Waals surface area contributed by atoms with Crippen molar-refractivity contribution < 1.29 is 0 Å². The Labute approximate surface area is 120 Å². The third-order valence-corrected chi connectivity index (χ3v) is 3.99. The standard InChI is InChI=1S/C14H15BrN2S/c1-16-8-11-2-6-14(7-3-11)18-10-13-5-4-12(15)9-17-13/h2-7,9,16H,8,10H2,1H3. The fraction of sp³-hybridized carbons (Fsp3) is 0.214. The molecule has 94 valence electrons. The molecule has 0 unspecified atom stereocenters. The molecule has 0 spiro atoms. The summed E-state index contributed by atoms with van der Waals surface area (Å²) in [5.41, 5.74) is 2.41. The summed E-state index contributed by atoms with van der Waals surface area (Å²) >= 11 is 5.20. The zero-order valence-corrected chi connectivity index (χ0v) is 12.6. The lowest BCUT2D eigenvalue weighted by Gasteiger charge is -2.04. The van der Waals surface area contributed by atoms with E-state index in [9.17, 15) is 0 Å². The van der Waals surface area contributed by atoms with E-state index in [1.807, 2.05) is 37.1 Å². The third kappa shape index (κ3) is 4.12. The van der Waals surface area contributed by atoms with Crippen molar-refractivity contribution in [3.63, 3.8) is 0 Å². The largest absolute Gasteiger partial charge is 0.316 e. The number of thioether (sulfide) groups is 1. The van der Waals surface area contributed by atoms with Crippen LogP contribution in [0.3, 0.4) is 0 Å². The summed E-state index contributed by atoms with van der Waals surface area (Å²) in [6, 6.07) is 12.7. The topological polar surface area (TPSA) is 24.9 Å². The quantitative estimate of drug-likeness (QED) is 0.846. The molecule has 0 amide bonds. The van der Waals surface area contributed by atoms with Crippen LogP contribution in [0.1, 0.15) is 11.3 Å². The lowest BCUT2D eigenvalue weighted by atomic mass is 10.2. The van der Waals surface area contributed by atoms with Crippen LogP contribution in [0.2, 0.25) is 0 Å². The summed E-state index contributed by atoms with van der Waals surface area (Å²) in [5.74, 6) is 0.901. The second kappa shape index (κ2) is 6.92. The molecule has 18 heavy (non-hydrogen) atoms. The van der Waals surface area contributed by atoms with Crippen LogP contribution in [0.4, 0.5) is 0 Å². The van der Waals surface area contributed by atoms with Crippen LogP contribution in [0, 0.1) is 0 Å². The Kier molecular flexibility index (Phi) is 5.23. The molecule has 1 N–H and O–H groups in total. The smallest absolute Gasteiger partial charge is 0.0507 e. The SMILES string of the molecule is CNCc1ccc(SCc2ccc(Br)cn2)cc1. The highest BCUT2D eigenvalue weighted by atomic mass is 79.9. The first kappa shape index (κ1) is 13.6. The highest BCUT2D eigenvalue weighted by molar-refractivity contribution is 9.10. The molecule has 0 fully saturated rings. The van der Waals surface area contributed by atoms with E-state index in [-0.39, 0.29) is 0 Å². The van der Waals surface area contributed by atoms with Gasteiger partial charge in [0.15, 0.2) is 0 Å². The second-order valence-electron chi connectivity index (χ2n) is 3.93. The molecule has 0 atom stereocenters. The zero-order chi connectivity index (χ0) is 12.8. The van der Waals surface area contributed by atoms with E-state index in [4.69, 9.17) is 0 Å². The van der Waals surface area contributed by atoms with Crippen molar-refractivity contribution in [3.8, 4) is 0 Å². The van der Waals surface area contributed by atoms with Crippen molar-refractivity contribution in [2.24, 2.45) is 0 Å². The number of nitrogens with one attached hydrogen (secondary N) is 1. The Morgan fingerprint density at radius 2 is 1.94 bits per heavy atom. The number of pyridine rings is 1. The lowest BCUT2D eigenvalue weighted by Crippen LogP contribution is -2.04. The van der Waals surface area contributed by atoms with Gasteiger partial charge in [0.05, 0.1) is 5.69 Å². The van der Waals surface area contributed by atoms with Gasteiger partial charge in [-0.15, -0.1) is 11.8 Å². The van der Waals surface area contributed by atoms with E-state index < -0.39 is 0 Å². The van der Waals surface area contributed by atoms with E-state index >= 15 is 0 Å². The number of aromatic nitrogens is 1. The van der Waals surface area contributed by atoms with Crippen LogP contribution in [-0.2, 0) is 12.3 Å². The van der Waals surface area contributed by atoms with Crippen molar-refractivity contribution in [2.45, 2.75) is 17.2 Å². The second-order valence-corrected chi connectivity index (χ2v) is 5.90. The minimum atomic E-state index is 0.901. The van der Waals surface area contributed by atoms with Gasteiger partial charge in [-0.25, -0.2) is 0 Å². The average Bonchev–Trinajstić information content (AvgIpc) is 2.40. The van der Waals surface area contributed by atoms with E-state index in [1.165, 1.54) is 10.5 Å². The molecule has 2 nitrogen and oxygen atoms in total. The minimum Gasteiger partial charge on any atom is -0.316 e. The number of rotatable bonds is 5. The summed E-state index contributed by atoms with van der Waals surface area (Å²) in [7, 11) is 1.96. The van der Waals surface area contributed by atoms with Gasteiger partial charge in [-0.3, -0.25) is 4.98 Å². The van der Waals surface area contributed by atoms with Gasteiger partial charge in [0, 0.05) is 27.9 Å². The van der Waals surface area contributed by atoms with Gasteiger partial charge in [0.2, 0.25) is 0 Å². The van der Waals surface area contributed by atoms with Crippen LogP contribution in [0.25, 0.3) is 0 Å². The molecular formula is C14H15BrN2S. The predicted octanol–water partition coefficient (Wildman–Crippen LogP) is 3.86. The van der Waals surface area contributed by atoms with Gasteiger partial charge in [-0.1, -0.05) is 12.1 Å². The van der Waals surface area contributed by atoms with Crippen LogP contribution in [0.5, 0.6) is 0 Å². The summed E-state index contributed by atoms with van der Waals surface area (Å²) in [6.07, 6.45) is 1.84. The van der Waals surface area contributed by atoms with Gasteiger partial charge < -0.3 is 5.32 Å². The molecule has 1 aromatic heterocycles. The molecule has 1 heterocycles. The number of hydrogen-bond donors (Lipinski definition) is 1. The monoisotopic (exact) mass is 322 g/mol. The van der Waals surface area contributed by atoms with Crippen molar-refractivity contribution >= 4 is 27.7 Å². The number of benzene rings is 1. The fourth-order valence-corrected chi connectivity index (χ4v) is 2.61. The van der Waals surface area contributed by atoms with Crippen LogP contribution < -0.4 is 5.32 Å². The molecule has 2 rings (SSSR count). The number of halogens is 1. The Bertz CT molecular complexity index is 482. The highest BCUT2D eigenvalue weighted by Gasteiger charge is 1.98. The molecule has 0 aliphatic heterocycles. The fourth-order valence-electron chi connectivity index (χ4n) is 1.56. The lowest BCUT2D eigenvalue weighted by molar-refractivity contribution is 0.817. The molecular weight excluding hydrogens is 308 g/mol. The minimum absolute atomic E-state index is 0.901. The molecule has 0 saturated heterocycles. The van der Waals surface area contributed by atoms with Gasteiger partial charge in [0.1, 0.15) is 0 Å². The molecule has 2 aromatic rings. The van der Waals surface area contributed by atoms with Crippen LogP contribution in [0.15, 0.2) is 52.0 Å². The summed E-state index contributed by atoms with van der Waals surface area (Å²) in [4.78, 5) is 5.64.